The second-order valence-corrected chi connectivity index (χ2v) is 8.80. The molecule has 0 aliphatic heterocycles. The van der Waals surface area contributed by atoms with Gasteiger partial charge in [0, 0.05) is 19.8 Å². The van der Waals surface area contributed by atoms with Gasteiger partial charge in [-0.2, -0.15) is 0 Å². The van der Waals surface area contributed by atoms with Gasteiger partial charge in [0.2, 0.25) is 0 Å². The summed E-state index contributed by atoms with van der Waals surface area (Å²) >= 11 is 0. The lowest BCUT2D eigenvalue weighted by molar-refractivity contribution is -0.442. The number of ether oxygens (including phenoxy) is 3. The third kappa shape index (κ3) is 5.43. The highest BCUT2D eigenvalue weighted by atomic mass is 16.9. The summed E-state index contributed by atoms with van der Waals surface area (Å²) in [5.74, 6) is -1.02. The van der Waals surface area contributed by atoms with E-state index in [1.54, 1.807) is 0 Å². The average molecular weight is 359 g/mol. The van der Waals surface area contributed by atoms with Crippen LogP contribution in [0.3, 0.4) is 0 Å². The predicted molar refractivity (Wildman–Crippen MR) is 108 cm³/mol. The summed E-state index contributed by atoms with van der Waals surface area (Å²) in [5.41, 5.74) is -0.233. The Labute approximate surface area is 158 Å². The molecule has 0 bridgehead atoms. The van der Waals surface area contributed by atoms with Crippen LogP contribution in [0.15, 0.2) is 0 Å². The predicted octanol–water partition coefficient (Wildman–Crippen LogP) is 6.80. The van der Waals surface area contributed by atoms with Gasteiger partial charge in [-0.1, -0.05) is 74.1 Å². The Hall–Kier alpha value is -0.120. The molecule has 0 spiro atoms. The Balaban J connectivity index is 5.68. The van der Waals surface area contributed by atoms with Crippen LogP contribution in [-0.2, 0) is 14.2 Å². The Morgan fingerprint density at radius 1 is 0.560 bits per heavy atom. The minimum atomic E-state index is -1.02. The van der Waals surface area contributed by atoms with Crippen LogP contribution in [0.5, 0.6) is 0 Å². The third-order valence-electron chi connectivity index (χ3n) is 6.68. The first kappa shape index (κ1) is 24.9. The van der Waals surface area contributed by atoms with Crippen molar-refractivity contribution in [2.24, 2.45) is 16.2 Å². The van der Waals surface area contributed by atoms with Gasteiger partial charge in [-0.3, -0.25) is 0 Å². The SMILES string of the molecule is CCCCCCC(C)(C)C(C)(C)C(C)(C)C(OCC)(OCC)OCC. The quantitative estimate of drug-likeness (QED) is 0.252. The van der Waals surface area contributed by atoms with Crippen molar-refractivity contribution in [3.63, 3.8) is 0 Å². The van der Waals surface area contributed by atoms with Gasteiger partial charge in [0.1, 0.15) is 0 Å². The summed E-state index contributed by atoms with van der Waals surface area (Å²) < 4.78 is 18.5. The summed E-state index contributed by atoms with van der Waals surface area (Å²) in [4.78, 5) is 0. The maximum atomic E-state index is 6.16. The van der Waals surface area contributed by atoms with Crippen molar-refractivity contribution in [2.75, 3.05) is 19.8 Å². The zero-order chi connectivity index (χ0) is 19.8. The molecule has 0 aromatic rings. The van der Waals surface area contributed by atoms with Gasteiger partial charge >= 0.3 is 0 Å². The molecule has 3 nitrogen and oxygen atoms in total. The van der Waals surface area contributed by atoms with Crippen LogP contribution in [0, 0.1) is 16.2 Å². The fraction of sp³-hybridized carbons (Fsp3) is 1.00. The maximum absolute atomic E-state index is 6.16. The lowest BCUT2D eigenvalue weighted by atomic mass is 9.52. The Morgan fingerprint density at radius 3 is 1.36 bits per heavy atom. The number of hydrogen-bond donors (Lipinski definition) is 0. The molecule has 0 aromatic heterocycles. The molecule has 0 N–H and O–H groups in total. The van der Waals surface area contributed by atoms with Gasteiger partial charge < -0.3 is 14.2 Å². The van der Waals surface area contributed by atoms with Crippen LogP contribution in [0.2, 0.25) is 0 Å². The van der Waals surface area contributed by atoms with Crippen LogP contribution in [-0.4, -0.2) is 25.8 Å². The van der Waals surface area contributed by atoms with Gasteiger partial charge in [0.25, 0.3) is 5.97 Å². The fourth-order valence-electron chi connectivity index (χ4n) is 3.77. The van der Waals surface area contributed by atoms with E-state index in [9.17, 15) is 0 Å². The summed E-state index contributed by atoms with van der Waals surface area (Å²) in [5, 5.41) is 0. The zero-order valence-electron chi connectivity index (χ0n) is 18.9. The van der Waals surface area contributed by atoms with Crippen molar-refractivity contribution >= 4 is 0 Å². The molecule has 0 saturated heterocycles. The summed E-state index contributed by atoms with van der Waals surface area (Å²) in [7, 11) is 0. The standard InChI is InChI=1S/C22H46O3/c1-11-15-16-17-18-19(5,6)20(7,8)21(9,10)22(23-12-2,24-13-3)25-14-4/h11-18H2,1-10H3. The van der Waals surface area contributed by atoms with Gasteiger partial charge in [-0.15, -0.1) is 0 Å². The maximum Gasteiger partial charge on any atom is 0.288 e. The average Bonchev–Trinajstić information content (AvgIpc) is 2.51. The molecule has 0 saturated carbocycles. The molecular formula is C22H46O3. The van der Waals surface area contributed by atoms with Crippen LogP contribution < -0.4 is 0 Å². The molecule has 3 heteroatoms. The van der Waals surface area contributed by atoms with E-state index in [1.807, 2.05) is 20.8 Å². The minimum Gasteiger partial charge on any atom is -0.327 e. The number of hydrogen-bond acceptors (Lipinski definition) is 3. The smallest absolute Gasteiger partial charge is 0.288 e. The first-order valence-electron chi connectivity index (χ1n) is 10.4. The van der Waals surface area contributed by atoms with E-state index in [2.05, 4.69) is 48.5 Å². The molecule has 0 heterocycles. The van der Waals surface area contributed by atoms with Crippen LogP contribution in [0.1, 0.15) is 101 Å². The molecule has 0 aliphatic rings. The molecule has 25 heavy (non-hydrogen) atoms. The normalized spacial score (nSPS) is 14.2. The largest absolute Gasteiger partial charge is 0.327 e. The summed E-state index contributed by atoms with van der Waals surface area (Å²) in [6.07, 6.45) is 6.37. The van der Waals surface area contributed by atoms with Gasteiger partial charge in [0.05, 0.1) is 5.41 Å². The molecule has 0 aliphatic carbocycles. The molecule has 0 radical (unpaired) electrons. The third-order valence-corrected chi connectivity index (χ3v) is 6.68. The minimum absolute atomic E-state index is 0.0499. The van der Waals surface area contributed by atoms with Crippen molar-refractivity contribution < 1.29 is 14.2 Å². The van der Waals surface area contributed by atoms with E-state index in [0.29, 0.717) is 19.8 Å². The van der Waals surface area contributed by atoms with Crippen molar-refractivity contribution in [1.29, 1.82) is 0 Å². The molecule has 0 amide bonds. The Morgan fingerprint density at radius 2 is 1.00 bits per heavy atom. The first-order valence-corrected chi connectivity index (χ1v) is 10.4. The molecular weight excluding hydrogens is 312 g/mol. The molecule has 0 atom stereocenters. The highest BCUT2D eigenvalue weighted by Gasteiger charge is 2.61. The Kier molecular flexibility index (Phi) is 10.2. The van der Waals surface area contributed by atoms with Crippen molar-refractivity contribution in [2.45, 2.75) is 107 Å². The van der Waals surface area contributed by atoms with Crippen LogP contribution in [0.4, 0.5) is 0 Å². The van der Waals surface area contributed by atoms with Crippen LogP contribution >= 0.6 is 0 Å². The van der Waals surface area contributed by atoms with E-state index >= 15 is 0 Å². The van der Waals surface area contributed by atoms with Crippen LogP contribution in [0.25, 0.3) is 0 Å². The fourth-order valence-corrected chi connectivity index (χ4v) is 3.77. The lowest BCUT2D eigenvalue weighted by Crippen LogP contribution is -2.61. The lowest BCUT2D eigenvalue weighted by Gasteiger charge is -2.58. The van der Waals surface area contributed by atoms with E-state index in [-0.39, 0.29) is 16.2 Å². The van der Waals surface area contributed by atoms with Gasteiger partial charge in [0.15, 0.2) is 0 Å². The molecule has 0 aromatic carbocycles. The zero-order valence-corrected chi connectivity index (χ0v) is 18.9. The molecule has 152 valence electrons. The Bertz CT molecular complexity index is 341. The molecule has 0 fully saturated rings. The second-order valence-electron chi connectivity index (χ2n) is 8.80. The van der Waals surface area contributed by atoms with E-state index in [1.165, 1.54) is 32.1 Å². The number of unbranched alkanes of at least 4 members (excludes halogenated alkanes) is 3. The van der Waals surface area contributed by atoms with Crippen molar-refractivity contribution in [3.8, 4) is 0 Å². The first-order chi connectivity index (χ1) is 11.5. The highest BCUT2D eigenvalue weighted by Crippen LogP contribution is 2.59. The monoisotopic (exact) mass is 358 g/mol. The van der Waals surface area contributed by atoms with Crippen molar-refractivity contribution in [3.05, 3.63) is 0 Å². The van der Waals surface area contributed by atoms with Crippen molar-refractivity contribution in [1.82, 2.24) is 0 Å². The second kappa shape index (κ2) is 10.3. The molecule has 0 unspecified atom stereocenters. The van der Waals surface area contributed by atoms with E-state index < -0.39 is 5.97 Å². The molecule has 0 rings (SSSR count). The summed E-state index contributed by atoms with van der Waals surface area (Å²) in [6.45, 7) is 23.9. The summed E-state index contributed by atoms with van der Waals surface area (Å²) in [6, 6.07) is 0. The number of rotatable bonds is 14. The van der Waals surface area contributed by atoms with E-state index in [0.717, 1.165) is 0 Å². The highest BCUT2D eigenvalue weighted by molar-refractivity contribution is 5.01. The van der Waals surface area contributed by atoms with Gasteiger partial charge in [-0.05, 0) is 38.0 Å². The van der Waals surface area contributed by atoms with E-state index in [4.69, 9.17) is 14.2 Å². The topological polar surface area (TPSA) is 27.7 Å². The van der Waals surface area contributed by atoms with Gasteiger partial charge in [-0.25, -0.2) is 0 Å².